The van der Waals surface area contributed by atoms with Crippen molar-refractivity contribution in [3.8, 4) is 0 Å². The SMILES string of the molecule is Cn1c(CCC(=O)Nc2ccc3nc[nH]c(=O)c3c2)nc2cc(S(=O)(=O)N3CCOCC3)ccc21. The number of rotatable bonds is 6. The first-order valence-electron chi connectivity index (χ1n) is 11.1. The van der Waals surface area contributed by atoms with Gasteiger partial charge < -0.3 is 19.6 Å². The summed E-state index contributed by atoms with van der Waals surface area (Å²) in [5, 5.41) is 3.19. The van der Waals surface area contributed by atoms with E-state index in [9.17, 15) is 18.0 Å². The molecule has 12 heteroatoms. The normalized spacial score (nSPS) is 15.0. The summed E-state index contributed by atoms with van der Waals surface area (Å²) in [6, 6.07) is 9.85. The van der Waals surface area contributed by atoms with E-state index < -0.39 is 10.0 Å². The number of imidazole rings is 1. The van der Waals surface area contributed by atoms with Gasteiger partial charge in [0.15, 0.2) is 0 Å². The van der Waals surface area contributed by atoms with Crippen molar-refractivity contribution in [2.75, 3.05) is 31.6 Å². The van der Waals surface area contributed by atoms with Gasteiger partial charge in [0.25, 0.3) is 5.56 Å². The highest BCUT2D eigenvalue weighted by molar-refractivity contribution is 7.89. The third kappa shape index (κ3) is 4.55. The minimum Gasteiger partial charge on any atom is -0.379 e. The molecule has 2 aromatic heterocycles. The van der Waals surface area contributed by atoms with Crippen molar-refractivity contribution in [1.29, 1.82) is 0 Å². The first kappa shape index (κ1) is 23.1. The molecule has 2 aromatic carbocycles. The van der Waals surface area contributed by atoms with Crippen molar-refractivity contribution in [3.63, 3.8) is 0 Å². The zero-order valence-corrected chi connectivity index (χ0v) is 19.8. The van der Waals surface area contributed by atoms with Gasteiger partial charge in [-0.25, -0.2) is 18.4 Å². The topological polar surface area (TPSA) is 139 Å². The van der Waals surface area contributed by atoms with Gasteiger partial charge in [-0.1, -0.05) is 0 Å². The largest absolute Gasteiger partial charge is 0.379 e. The van der Waals surface area contributed by atoms with Gasteiger partial charge >= 0.3 is 0 Å². The Bertz CT molecular complexity index is 1590. The summed E-state index contributed by atoms with van der Waals surface area (Å²) in [5.41, 5.74) is 2.10. The first-order valence-corrected chi connectivity index (χ1v) is 12.6. The summed E-state index contributed by atoms with van der Waals surface area (Å²) in [5.74, 6) is 0.433. The first-order chi connectivity index (χ1) is 16.8. The number of anilines is 1. The van der Waals surface area contributed by atoms with Gasteiger partial charge in [-0.3, -0.25) is 9.59 Å². The number of nitrogens with zero attached hydrogens (tertiary/aromatic N) is 4. The second kappa shape index (κ2) is 9.21. The Morgan fingerprint density at radius 1 is 1.14 bits per heavy atom. The standard InChI is InChI=1S/C23H24N6O5S/c1-28-20-5-3-16(35(32,33)29-8-10-34-11-9-29)13-19(20)27-21(28)6-7-22(30)26-15-2-4-18-17(12-15)23(31)25-14-24-18/h2-5,12-14H,6-11H2,1H3,(H,26,30)(H,24,25,31). The molecule has 3 heterocycles. The third-order valence-electron chi connectivity index (χ3n) is 6.05. The van der Waals surface area contributed by atoms with Crippen LogP contribution < -0.4 is 10.9 Å². The molecule has 1 fully saturated rings. The maximum Gasteiger partial charge on any atom is 0.258 e. The highest BCUT2D eigenvalue weighted by Crippen LogP contribution is 2.23. The maximum absolute atomic E-state index is 13.0. The molecule has 0 saturated carbocycles. The van der Waals surface area contributed by atoms with E-state index >= 15 is 0 Å². The molecule has 0 bridgehead atoms. The zero-order valence-electron chi connectivity index (χ0n) is 19.0. The molecule has 1 saturated heterocycles. The number of carbonyl (C=O) groups excluding carboxylic acids is 1. The molecule has 0 atom stereocenters. The van der Waals surface area contributed by atoms with Gasteiger partial charge in [-0.05, 0) is 36.4 Å². The Labute approximate surface area is 200 Å². The molecule has 0 aliphatic carbocycles. The van der Waals surface area contributed by atoms with Gasteiger partial charge in [0, 0.05) is 38.7 Å². The molecule has 1 aliphatic rings. The number of aromatic nitrogens is 4. The molecule has 0 spiro atoms. The minimum absolute atomic E-state index is 0.164. The molecule has 0 radical (unpaired) electrons. The number of benzene rings is 2. The Balaban J connectivity index is 1.30. The fraction of sp³-hybridized carbons (Fsp3) is 0.304. The zero-order chi connectivity index (χ0) is 24.6. The quantitative estimate of drug-likeness (QED) is 0.411. The molecular weight excluding hydrogens is 472 g/mol. The minimum atomic E-state index is -3.63. The summed E-state index contributed by atoms with van der Waals surface area (Å²) >= 11 is 0. The lowest BCUT2D eigenvalue weighted by Gasteiger charge is -2.26. The van der Waals surface area contributed by atoms with E-state index in [0.717, 1.165) is 5.52 Å². The number of fused-ring (bicyclic) bond motifs is 2. The predicted molar refractivity (Wildman–Crippen MR) is 130 cm³/mol. The van der Waals surface area contributed by atoms with Crippen LogP contribution in [0.4, 0.5) is 5.69 Å². The van der Waals surface area contributed by atoms with Crippen molar-refractivity contribution < 1.29 is 17.9 Å². The molecule has 2 N–H and O–H groups in total. The Morgan fingerprint density at radius 2 is 1.94 bits per heavy atom. The molecule has 1 amide bonds. The van der Waals surface area contributed by atoms with E-state index in [4.69, 9.17) is 4.74 Å². The van der Waals surface area contributed by atoms with Crippen LogP contribution in [0.3, 0.4) is 0 Å². The van der Waals surface area contributed by atoms with Gasteiger partial charge in [0.05, 0.1) is 46.4 Å². The molecule has 182 valence electrons. The molecular formula is C23H24N6O5S. The number of carbonyl (C=O) groups is 1. The number of hydrogen-bond donors (Lipinski definition) is 2. The predicted octanol–water partition coefficient (Wildman–Crippen LogP) is 1.40. The monoisotopic (exact) mass is 496 g/mol. The van der Waals surface area contributed by atoms with Crippen molar-refractivity contribution in [1.82, 2.24) is 23.8 Å². The molecule has 11 nitrogen and oxygen atoms in total. The molecule has 5 rings (SSSR count). The second-order valence-corrected chi connectivity index (χ2v) is 10.2. The van der Waals surface area contributed by atoms with E-state index in [2.05, 4.69) is 20.3 Å². The van der Waals surface area contributed by atoms with E-state index in [0.29, 0.717) is 60.7 Å². The second-order valence-electron chi connectivity index (χ2n) is 8.27. The average Bonchev–Trinajstić information content (AvgIpc) is 3.18. The Kier molecular flexibility index (Phi) is 6.09. The van der Waals surface area contributed by atoms with Crippen LogP contribution in [0.1, 0.15) is 12.2 Å². The van der Waals surface area contributed by atoms with Crippen LogP contribution in [-0.4, -0.2) is 64.5 Å². The number of amides is 1. The molecule has 1 aliphatic heterocycles. The lowest BCUT2D eigenvalue weighted by Crippen LogP contribution is -2.40. The number of sulfonamides is 1. The van der Waals surface area contributed by atoms with E-state index in [1.54, 1.807) is 36.4 Å². The number of aromatic amines is 1. The lowest BCUT2D eigenvalue weighted by molar-refractivity contribution is -0.116. The van der Waals surface area contributed by atoms with E-state index in [-0.39, 0.29) is 22.8 Å². The Morgan fingerprint density at radius 3 is 2.74 bits per heavy atom. The maximum atomic E-state index is 13.0. The third-order valence-corrected chi connectivity index (χ3v) is 7.95. The summed E-state index contributed by atoms with van der Waals surface area (Å²) in [6.07, 6.45) is 1.86. The molecule has 0 unspecified atom stereocenters. The van der Waals surface area contributed by atoms with Crippen LogP contribution in [0, 0.1) is 0 Å². The summed E-state index contributed by atoms with van der Waals surface area (Å²) < 4.78 is 34.5. The van der Waals surface area contributed by atoms with Crippen LogP contribution in [0.15, 0.2) is 52.4 Å². The Hall–Kier alpha value is -3.61. The summed E-state index contributed by atoms with van der Waals surface area (Å²) in [7, 11) is -1.79. The smallest absolute Gasteiger partial charge is 0.258 e. The van der Waals surface area contributed by atoms with Crippen molar-refractivity contribution in [3.05, 3.63) is 58.9 Å². The highest BCUT2D eigenvalue weighted by atomic mass is 32.2. The lowest BCUT2D eigenvalue weighted by atomic mass is 10.2. The van der Waals surface area contributed by atoms with Crippen molar-refractivity contribution >= 4 is 43.6 Å². The number of ether oxygens (including phenoxy) is 1. The summed E-state index contributed by atoms with van der Waals surface area (Å²) in [6.45, 7) is 1.41. The average molecular weight is 497 g/mol. The van der Waals surface area contributed by atoms with Crippen LogP contribution in [0.25, 0.3) is 21.9 Å². The van der Waals surface area contributed by atoms with Crippen LogP contribution in [0.2, 0.25) is 0 Å². The van der Waals surface area contributed by atoms with Crippen LogP contribution >= 0.6 is 0 Å². The molecule has 35 heavy (non-hydrogen) atoms. The van der Waals surface area contributed by atoms with Gasteiger partial charge in [-0.15, -0.1) is 0 Å². The number of aryl methyl sites for hydroxylation is 2. The van der Waals surface area contributed by atoms with E-state index in [1.165, 1.54) is 10.6 Å². The number of hydrogen-bond acceptors (Lipinski definition) is 7. The van der Waals surface area contributed by atoms with Gasteiger partial charge in [0.1, 0.15) is 5.82 Å². The van der Waals surface area contributed by atoms with Crippen molar-refractivity contribution in [2.45, 2.75) is 17.7 Å². The van der Waals surface area contributed by atoms with Crippen LogP contribution in [0.5, 0.6) is 0 Å². The fourth-order valence-electron chi connectivity index (χ4n) is 4.14. The fourth-order valence-corrected chi connectivity index (χ4v) is 5.57. The number of H-pyrrole nitrogens is 1. The molecule has 4 aromatic rings. The highest BCUT2D eigenvalue weighted by Gasteiger charge is 2.27. The van der Waals surface area contributed by atoms with Crippen LogP contribution in [-0.2, 0) is 33.0 Å². The summed E-state index contributed by atoms with van der Waals surface area (Å²) in [4.78, 5) is 35.9. The number of morpholine rings is 1. The van der Waals surface area contributed by atoms with Gasteiger partial charge in [0.2, 0.25) is 15.9 Å². The van der Waals surface area contributed by atoms with Crippen molar-refractivity contribution in [2.24, 2.45) is 7.05 Å². The number of nitrogens with one attached hydrogen (secondary N) is 2. The van der Waals surface area contributed by atoms with E-state index in [1.807, 2.05) is 11.6 Å². The van der Waals surface area contributed by atoms with Gasteiger partial charge in [-0.2, -0.15) is 4.31 Å².